The van der Waals surface area contributed by atoms with E-state index in [2.05, 4.69) is 17.9 Å². The molecule has 0 saturated heterocycles. The van der Waals surface area contributed by atoms with Crippen molar-refractivity contribution < 1.29 is 9.18 Å². The van der Waals surface area contributed by atoms with Gasteiger partial charge in [-0.15, -0.1) is 12.6 Å². The lowest BCUT2D eigenvalue weighted by atomic mass is 10.1. The van der Waals surface area contributed by atoms with Crippen molar-refractivity contribution in [3.05, 3.63) is 58.9 Å². The Morgan fingerprint density at radius 1 is 1.35 bits per heavy atom. The van der Waals surface area contributed by atoms with Crippen LogP contribution in [-0.2, 0) is 0 Å². The quantitative estimate of drug-likeness (QED) is 0.830. The minimum atomic E-state index is -0.662. The summed E-state index contributed by atoms with van der Waals surface area (Å²) in [6, 6.07) is 11.0. The standard InChI is InChI=1S/C15H11FN2OS/c1-9-5-6-10(20)7-11(9)15(19)18-14-4-2-3-13(16)12(14)8-17/h2-7,20H,1H3,(H,18,19). The van der Waals surface area contributed by atoms with Crippen LogP contribution in [0.15, 0.2) is 41.3 Å². The molecule has 0 aliphatic heterocycles. The van der Waals surface area contributed by atoms with Crippen molar-refractivity contribution in [2.75, 3.05) is 5.32 Å². The van der Waals surface area contributed by atoms with E-state index in [-0.39, 0.29) is 11.3 Å². The highest BCUT2D eigenvalue weighted by molar-refractivity contribution is 7.80. The van der Waals surface area contributed by atoms with Crippen molar-refractivity contribution in [1.82, 2.24) is 0 Å². The van der Waals surface area contributed by atoms with Crippen molar-refractivity contribution in [3.63, 3.8) is 0 Å². The number of benzene rings is 2. The van der Waals surface area contributed by atoms with E-state index in [1.165, 1.54) is 18.2 Å². The number of halogens is 1. The summed E-state index contributed by atoms with van der Waals surface area (Å²) in [7, 11) is 0. The zero-order valence-electron chi connectivity index (χ0n) is 10.6. The second-order valence-electron chi connectivity index (χ2n) is 4.23. The van der Waals surface area contributed by atoms with E-state index in [0.717, 1.165) is 5.56 Å². The number of carbonyl (C=O) groups excluding carboxylic acids is 1. The maximum absolute atomic E-state index is 13.5. The van der Waals surface area contributed by atoms with Crippen LogP contribution in [0, 0.1) is 24.1 Å². The molecule has 2 rings (SSSR count). The summed E-state index contributed by atoms with van der Waals surface area (Å²) in [6.07, 6.45) is 0. The summed E-state index contributed by atoms with van der Waals surface area (Å²) in [4.78, 5) is 12.8. The van der Waals surface area contributed by atoms with E-state index in [1.807, 2.05) is 0 Å². The minimum absolute atomic E-state index is 0.154. The molecule has 1 amide bonds. The molecule has 2 aromatic carbocycles. The predicted octanol–water partition coefficient (Wildman–Crippen LogP) is 3.55. The second-order valence-corrected chi connectivity index (χ2v) is 4.74. The van der Waals surface area contributed by atoms with Gasteiger partial charge in [-0.2, -0.15) is 5.26 Å². The number of nitrogens with zero attached hydrogens (tertiary/aromatic N) is 1. The number of thiol groups is 1. The molecular formula is C15H11FN2OS. The fourth-order valence-corrected chi connectivity index (χ4v) is 1.99. The van der Waals surface area contributed by atoms with Gasteiger partial charge in [0.05, 0.1) is 5.69 Å². The van der Waals surface area contributed by atoms with Crippen molar-refractivity contribution >= 4 is 24.2 Å². The fourth-order valence-electron chi connectivity index (χ4n) is 1.79. The average molecular weight is 286 g/mol. The van der Waals surface area contributed by atoms with Gasteiger partial charge in [-0.25, -0.2) is 4.39 Å². The number of nitriles is 1. The Kier molecular flexibility index (Phi) is 4.06. The normalized spacial score (nSPS) is 9.90. The summed E-state index contributed by atoms with van der Waals surface area (Å²) < 4.78 is 13.5. The smallest absolute Gasteiger partial charge is 0.256 e. The summed E-state index contributed by atoms with van der Waals surface area (Å²) in [5.41, 5.74) is 1.18. The van der Waals surface area contributed by atoms with Crippen LogP contribution in [0.3, 0.4) is 0 Å². The fraction of sp³-hybridized carbons (Fsp3) is 0.0667. The molecule has 0 atom stereocenters. The molecule has 0 fully saturated rings. The Morgan fingerprint density at radius 2 is 2.10 bits per heavy atom. The molecule has 0 aromatic heterocycles. The Bertz CT molecular complexity index is 722. The van der Waals surface area contributed by atoms with E-state index in [0.29, 0.717) is 10.5 Å². The summed E-state index contributed by atoms with van der Waals surface area (Å²) in [6.45, 7) is 1.79. The number of amides is 1. The zero-order valence-corrected chi connectivity index (χ0v) is 11.5. The molecule has 0 aliphatic carbocycles. The molecule has 1 N–H and O–H groups in total. The molecule has 0 saturated carbocycles. The van der Waals surface area contributed by atoms with Crippen molar-refractivity contribution in [2.24, 2.45) is 0 Å². The highest BCUT2D eigenvalue weighted by Gasteiger charge is 2.13. The molecule has 2 aromatic rings. The van der Waals surface area contributed by atoms with Crippen LogP contribution < -0.4 is 5.32 Å². The van der Waals surface area contributed by atoms with Gasteiger partial charge in [0.15, 0.2) is 0 Å². The van der Waals surface area contributed by atoms with E-state index >= 15 is 0 Å². The van der Waals surface area contributed by atoms with Crippen LogP contribution in [0.4, 0.5) is 10.1 Å². The van der Waals surface area contributed by atoms with E-state index in [1.54, 1.807) is 31.2 Å². The van der Waals surface area contributed by atoms with Gasteiger partial charge < -0.3 is 5.32 Å². The average Bonchev–Trinajstić information content (AvgIpc) is 2.41. The van der Waals surface area contributed by atoms with Gasteiger partial charge in [0.2, 0.25) is 0 Å². The van der Waals surface area contributed by atoms with Crippen molar-refractivity contribution in [1.29, 1.82) is 5.26 Å². The van der Waals surface area contributed by atoms with Gasteiger partial charge in [-0.1, -0.05) is 12.1 Å². The number of nitrogens with one attached hydrogen (secondary N) is 1. The lowest BCUT2D eigenvalue weighted by Gasteiger charge is -2.10. The number of aryl methyl sites for hydroxylation is 1. The highest BCUT2D eigenvalue weighted by Crippen LogP contribution is 2.20. The summed E-state index contributed by atoms with van der Waals surface area (Å²) in [5.74, 6) is -1.06. The third-order valence-corrected chi connectivity index (χ3v) is 3.12. The lowest BCUT2D eigenvalue weighted by Crippen LogP contribution is -2.14. The Balaban J connectivity index is 2.36. The van der Waals surface area contributed by atoms with Crippen molar-refractivity contribution in [2.45, 2.75) is 11.8 Å². The molecule has 3 nitrogen and oxygen atoms in total. The summed E-state index contributed by atoms with van der Waals surface area (Å²) in [5, 5.41) is 11.5. The predicted molar refractivity (Wildman–Crippen MR) is 77.5 cm³/mol. The largest absolute Gasteiger partial charge is 0.321 e. The van der Waals surface area contributed by atoms with E-state index < -0.39 is 11.7 Å². The summed E-state index contributed by atoms with van der Waals surface area (Å²) >= 11 is 4.18. The van der Waals surface area contributed by atoms with Crippen LogP contribution in [0.25, 0.3) is 0 Å². The number of anilines is 1. The second kappa shape index (κ2) is 5.76. The third-order valence-electron chi connectivity index (χ3n) is 2.84. The molecule has 0 radical (unpaired) electrons. The lowest BCUT2D eigenvalue weighted by molar-refractivity contribution is 0.102. The Morgan fingerprint density at radius 3 is 2.80 bits per heavy atom. The molecule has 5 heteroatoms. The zero-order chi connectivity index (χ0) is 14.7. The first-order valence-corrected chi connectivity index (χ1v) is 6.27. The van der Waals surface area contributed by atoms with Gasteiger partial charge in [0.1, 0.15) is 17.4 Å². The SMILES string of the molecule is Cc1ccc(S)cc1C(=O)Nc1cccc(F)c1C#N. The molecular weight excluding hydrogens is 275 g/mol. The first-order chi connectivity index (χ1) is 9.52. The minimum Gasteiger partial charge on any atom is -0.321 e. The Hall–Kier alpha value is -2.32. The molecule has 0 unspecified atom stereocenters. The van der Waals surface area contributed by atoms with Crippen LogP contribution in [0.1, 0.15) is 21.5 Å². The Labute approximate surface area is 121 Å². The number of carbonyl (C=O) groups is 1. The first-order valence-electron chi connectivity index (χ1n) is 5.82. The molecule has 0 bridgehead atoms. The monoisotopic (exact) mass is 286 g/mol. The molecule has 0 spiro atoms. The highest BCUT2D eigenvalue weighted by atomic mass is 32.1. The van der Waals surface area contributed by atoms with Gasteiger partial charge in [-0.05, 0) is 36.8 Å². The van der Waals surface area contributed by atoms with Crippen LogP contribution in [0.5, 0.6) is 0 Å². The number of hydrogen-bond donors (Lipinski definition) is 2. The van der Waals surface area contributed by atoms with E-state index in [9.17, 15) is 9.18 Å². The van der Waals surface area contributed by atoms with Gasteiger partial charge in [-0.3, -0.25) is 4.79 Å². The van der Waals surface area contributed by atoms with Crippen LogP contribution in [0.2, 0.25) is 0 Å². The molecule has 100 valence electrons. The van der Waals surface area contributed by atoms with Gasteiger partial charge in [0, 0.05) is 10.5 Å². The maximum Gasteiger partial charge on any atom is 0.256 e. The molecule has 20 heavy (non-hydrogen) atoms. The van der Waals surface area contributed by atoms with E-state index in [4.69, 9.17) is 5.26 Å². The number of rotatable bonds is 2. The topological polar surface area (TPSA) is 52.9 Å². The van der Waals surface area contributed by atoms with Crippen molar-refractivity contribution in [3.8, 4) is 6.07 Å². The maximum atomic E-state index is 13.5. The third kappa shape index (κ3) is 2.81. The van der Waals surface area contributed by atoms with Crippen LogP contribution in [-0.4, -0.2) is 5.91 Å². The number of hydrogen-bond acceptors (Lipinski definition) is 3. The molecule has 0 aliphatic rings. The van der Waals surface area contributed by atoms with Crippen LogP contribution >= 0.6 is 12.6 Å². The first kappa shape index (κ1) is 14.1. The van der Waals surface area contributed by atoms with Gasteiger partial charge >= 0.3 is 0 Å². The molecule has 0 heterocycles. The van der Waals surface area contributed by atoms with Gasteiger partial charge in [0.25, 0.3) is 5.91 Å².